The Morgan fingerprint density at radius 3 is 2.76 bits per heavy atom. The molecule has 0 aliphatic rings. The number of hydrogen-bond acceptors (Lipinski definition) is 2. The van der Waals surface area contributed by atoms with Crippen molar-refractivity contribution in [3.8, 4) is 0 Å². The van der Waals surface area contributed by atoms with Crippen LogP contribution < -0.4 is 0 Å². The lowest BCUT2D eigenvalue weighted by Crippen LogP contribution is -2.27. The molecule has 0 aliphatic heterocycles. The molecule has 2 rings (SSSR count). The van der Waals surface area contributed by atoms with Crippen LogP contribution in [-0.2, 0) is 12.0 Å². The third-order valence-corrected chi connectivity index (χ3v) is 4.25. The van der Waals surface area contributed by atoms with Gasteiger partial charge in [0.25, 0.3) is 0 Å². The zero-order valence-electron chi connectivity index (χ0n) is 9.69. The van der Waals surface area contributed by atoms with Gasteiger partial charge in [0.05, 0.1) is 5.60 Å². The second kappa shape index (κ2) is 5.34. The first-order valence-electron chi connectivity index (χ1n) is 5.63. The number of rotatable bonds is 4. The maximum atomic E-state index is 10.8. The molecule has 1 atom stereocenters. The molecule has 0 saturated carbocycles. The lowest BCUT2D eigenvalue weighted by atomic mass is 9.86. The van der Waals surface area contributed by atoms with Gasteiger partial charge in [-0.1, -0.05) is 35.0 Å². The van der Waals surface area contributed by atoms with Crippen LogP contribution in [0.4, 0.5) is 0 Å². The van der Waals surface area contributed by atoms with Gasteiger partial charge in [-0.2, -0.15) is 11.3 Å². The molecular formula is C14H15BrOS. The summed E-state index contributed by atoms with van der Waals surface area (Å²) >= 11 is 5.12. The molecule has 0 fully saturated rings. The summed E-state index contributed by atoms with van der Waals surface area (Å²) in [6, 6.07) is 10.00. The first-order chi connectivity index (χ1) is 8.14. The number of halogens is 1. The zero-order valence-corrected chi connectivity index (χ0v) is 12.1. The number of thiophene rings is 1. The van der Waals surface area contributed by atoms with Gasteiger partial charge in [-0.05, 0) is 46.5 Å². The maximum absolute atomic E-state index is 10.8. The van der Waals surface area contributed by atoms with Gasteiger partial charge in [-0.25, -0.2) is 0 Å². The van der Waals surface area contributed by atoms with Crippen molar-refractivity contribution in [2.75, 3.05) is 0 Å². The normalized spacial score (nSPS) is 14.5. The molecule has 0 bridgehead atoms. The molecule has 1 aromatic heterocycles. The molecule has 0 amide bonds. The van der Waals surface area contributed by atoms with Gasteiger partial charge in [0, 0.05) is 10.9 Å². The largest absolute Gasteiger partial charge is 0.385 e. The number of aliphatic hydroxyl groups is 1. The second-order valence-corrected chi connectivity index (χ2v) is 5.90. The van der Waals surface area contributed by atoms with Crippen LogP contribution >= 0.6 is 27.3 Å². The molecular weight excluding hydrogens is 296 g/mol. The lowest BCUT2D eigenvalue weighted by Gasteiger charge is -2.27. The van der Waals surface area contributed by atoms with E-state index in [2.05, 4.69) is 27.4 Å². The van der Waals surface area contributed by atoms with Crippen LogP contribution in [0.5, 0.6) is 0 Å². The minimum Gasteiger partial charge on any atom is -0.385 e. The van der Waals surface area contributed by atoms with Crippen LogP contribution in [0.1, 0.15) is 24.5 Å². The Labute approximate surface area is 114 Å². The van der Waals surface area contributed by atoms with Crippen molar-refractivity contribution in [2.24, 2.45) is 0 Å². The Bertz CT molecular complexity index is 481. The summed E-state index contributed by atoms with van der Waals surface area (Å²) in [7, 11) is 0. The number of hydrogen-bond donors (Lipinski definition) is 1. The summed E-state index contributed by atoms with van der Waals surface area (Å²) in [5.74, 6) is 0. The quantitative estimate of drug-likeness (QED) is 0.890. The fourth-order valence-corrected chi connectivity index (χ4v) is 3.01. The summed E-state index contributed by atoms with van der Waals surface area (Å²) in [4.78, 5) is 0. The Kier molecular flexibility index (Phi) is 4.02. The van der Waals surface area contributed by atoms with Crippen LogP contribution in [0.15, 0.2) is 45.6 Å². The van der Waals surface area contributed by atoms with Crippen molar-refractivity contribution in [3.05, 3.63) is 56.7 Å². The highest BCUT2D eigenvalue weighted by molar-refractivity contribution is 9.10. The fraction of sp³-hybridized carbons (Fsp3) is 0.286. The third-order valence-electron chi connectivity index (χ3n) is 3.02. The average Bonchev–Trinajstić information content (AvgIpc) is 2.81. The predicted octanol–water partition coefficient (Wildman–Crippen LogP) is 4.35. The maximum Gasteiger partial charge on any atom is 0.0934 e. The Morgan fingerprint density at radius 2 is 2.18 bits per heavy atom. The van der Waals surface area contributed by atoms with Crippen molar-refractivity contribution in [1.29, 1.82) is 0 Å². The summed E-state index contributed by atoms with van der Waals surface area (Å²) in [5.41, 5.74) is 1.39. The van der Waals surface area contributed by atoms with E-state index in [0.29, 0.717) is 12.8 Å². The van der Waals surface area contributed by atoms with E-state index in [1.807, 2.05) is 36.6 Å². The standard InChI is InChI=1S/C14H15BrOS/c1-2-14(16,9-11-6-7-17-10-11)12-4-3-5-13(15)8-12/h3-8,10,16H,2,9H2,1H3. The molecule has 1 heterocycles. The van der Waals surface area contributed by atoms with Crippen LogP contribution in [0, 0.1) is 0 Å². The zero-order chi connectivity index (χ0) is 12.3. The molecule has 1 nitrogen and oxygen atoms in total. The van der Waals surface area contributed by atoms with Gasteiger partial charge in [-0.15, -0.1) is 0 Å². The lowest BCUT2D eigenvalue weighted by molar-refractivity contribution is 0.0328. The third kappa shape index (κ3) is 2.97. The molecule has 0 radical (unpaired) electrons. The van der Waals surface area contributed by atoms with E-state index >= 15 is 0 Å². The molecule has 1 aromatic carbocycles. The molecule has 90 valence electrons. The SMILES string of the molecule is CCC(O)(Cc1ccsc1)c1cccc(Br)c1. The van der Waals surface area contributed by atoms with Crippen LogP contribution in [0.3, 0.4) is 0 Å². The summed E-state index contributed by atoms with van der Waals surface area (Å²) < 4.78 is 1.01. The highest BCUT2D eigenvalue weighted by Gasteiger charge is 2.27. The highest BCUT2D eigenvalue weighted by Crippen LogP contribution is 2.31. The fourth-order valence-electron chi connectivity index (χ4n) is 1.94. The minimum atomic E-state index is -0.773. The van der Waals surface area contributed by atoms with E-state index in [1.54, 1.807) is 11.3 Å². The van der Waals surface area contributed by atoms with E-state index in [-0.39, 0.29) is 0 Å². The van der Waals surface area contributed by atoms with Crippen molar-refractivity contribution < 1.29 is 5.11 Å². The Hall–Kier alpha value is -0.640. The smallest absolute Gasteiger partial charge is 0.0934 e. The Balaban J connectivity index is 2.30. The summed E-state index contributed by atoms with van der Waals surface area (Å²) in [5, 5.41) is 14.9. The Morgan fingerprint density at radius 1 is 1.35 bits per heavy atom. The van der Waals surface area contributed by atoms with Crippen molar-refractivity contribution >= 4 is 27.3 Å². The van der Waals surface area contributed by atoms with E-state index in [0.717, 1.165) is 10.0 Å². The van der Waals surface area contributed by atoms with Gasteiger partial charge in [-0.3, -0.25) is 0 Å². The molecule has 3 heteroatoms. The minimum absolute atomic E-state index is 0.670. The molecule has 0 aliphatic carbocycles. The molecule has 17 heavy (non-hydrogen) atoms. The predicted molar refractivity (Wildman–Crippen MR) is 76.4 cm³/mol. The van der Waals surface area contributed by atoms with Crippen LogP contribution in [-0.4, -0.2) is 5.11 Å². The molecule has 1 N–H and O–H groups in total. The monoisotopic (exact) mass is 310 g/mol. The second-order valence-electron chi connectivity index (χ2n) is 4.20. The first-order valence-corrected chi connectivity index (χ1v) is 7.37. The van der Waals surface area contributed by atoms with E-state index in [4.69, 9.17) is 0 Å². The van der Waals surface area contributed by atoms with Gasteiger partial charge in [0.1, 0.15) is 0 Å². The van der Waals surface area contributed by atoms with Gasteiger partial charge in [0.2, 0.25) is 0 Å². The van der Waals surface area contributed by atoms with Crippen LogP contribution in [0.25, 0.3) is 0 Å². The molecule has 2 aromatic rings. The summed E-state index contributed by atoms with van der Waals surface area (Å²) in [6.45, 7) is 2.02. The molecule has 0 spiro atoms. The van der Waals surface area contributed by atoms with Gasteiger partial charge >= 0.3 is 0 Å². The van der Waals surface area contributed by atoms with E-state index in [1.165, 1.54) is 5.56 Å². The van der Waals surface area contributed by atoms with Crippen molar-refractivity contribution in [1.82, 2.24) is 0 Å². The molecule has 1 unspecified atom stereocenters. The van der Waals surface area contributed by atoms with Crippen molar-refractivity contribution in [3.63, 3.8) is 0 Å². The summed E-state index contributed by atoms with van der Waals surface area (Å²) in [6.07, 6.45) is 1.38. The highest BCUT2D eigenvalue weighted by atomic mass is 79.9. The van der Waals surface area contributed by atoms with Crippen molar-refractivity contribution in [2.45, 2.75) is 25.4 Å². The van der Waals surface area contributed by atoms with Crippen LogP contribution in [0.2, 0.25) is 0 Å². The number of benzene rings is 1. The average molecular weight is 311 g/mol. The molecule has 0 saturated heterocycles. The first kappa shape index (κ1) is 12.8. The van der Waals surface area contributed by atoms with Gasteiger partial charge < -0.3 is 5.11 Å². The van der Waals surface area contributed by atoms with E-state index in [9.17, 15) is 5.11 Å². The topological polar surface area (TPSA) is 20.2 Å². The van der Waals surface area contributed by atoms with Gasteiger partial charge in [0.15, 0.2) is 0 Å². The van der Waals surface area contributed by atoms with E-state index < -0.39 is 5.60 Å².